The van der Waals surface area contributed by atoms with Gasteiger partial charge in [0, 0.05) is 11.1 Å². The Labute approximate surface area is 72.4 Å². The summed E-state index contributed by atoms with van der Waals surface area (Å²) in [6.07, 6.45) is 2.80. The average molecular weight is 180 g/mol. The van der Waals surface area contributed by atoms with Gasteiger partial charge in [0.25, 0.3) is 0 Å². The predicted octanol–water partition coefficient (Wildman–Crippen LogP) is 1.13. The first-order chi connectivity index (χ1) is 5.74. The second-order valence-electron chi connectivity index (χ2n) is 1.88. The summed E-state index contributed by atoms with van der Waals surface area (Å²) in [5.74, 6) is -1.22. The number of nitrogens with zero attached hydrogens (tertiary/aromatic N) is 2. The van der Waals surface area contributed by atoms with Crippen LogP contribution in [0.4, 0.5) is 0 Å². The van der Waals surface area contributed by atoms with Crippen molar-refractivity contribution in [3.63, 3.8) is 0 Å². The molecule has 0 bridgehead atoms. The zero-order chi connectivity index (χ0) is 8.97. The number of carbonyl (C=O) groups is 1. The molecule has 1 aromatic rings. The maximum Gasteiger partial charge on any atom is 0.346 e. The van der Waals surface area contributed by atoms with Crippen LogP contribution in [0, 0.1) is 11.3 Å². The summed E-state index contributed by atoms with van der Waals surface area (Å²) in [6.45, 7) is 0. The molecule has 4 nitrogen and oxygen atoms in total. The van der Waals surface area contributed by atoms with Crippen molar-refractivity contribution >= 4 is 23.4 Å². The monoisotopic (exact) mass is 180 g/mol. The summed E-state index contributed by atoms with van der Waals surface area (Å²) in [4.78, 5) is 14.8. The van der Waals surface area contributed by atoms with Crippen LogP contribution in [0.25, 0.3) is 6.08 Å². The summed E-state index contributed by atoms with van der Waals surface area (Å²) in [7, 11) is 0. The molecule has 0 atom stereocenters. The molecule has 1 N–H and O–H groups in total. The molecular weight excluding hydrogens is 176 g/mol. The van der Waals surface area contributed by atoms with E-state index in [-0.39, 0.29) is 5.57 Å². The van der Waals surface area contributed by atoms with Crippen molar-refractivity contribution in [1.82, 2.24) is 4.98 Å². The number of carboxylic acid groups (broad SMARTS) is 1. The van der Waals surface area contributed by atoms with Gasteiger partial charge in [0.15, 0.2) is 0 Å². The van der Waals surface area contributed by atoms with Crippen LogP contribution in [0.15, 0.2) is 17.3 Å². The van der Waals surface area contributed by atoms with E-state index in [1.807, 2.05) is 0 Å². The summed E-state index contributed by atoms with van der Waals surface area (Å²) in [5, 5.41) is 16.8. The molecule has 1 rings (SSSR count). The van der Waals surface area contributed by atoms with Gasteiger partial charge in [-0.05, 0) is 6.08 Å². The molecule has 1 heterocycles. The number of thiazole rings is 1. The van der Waals surface area contributed by atoms with Gasteiger partial charge < -0.3 is 5.11 Å². The molecule has 1 aromatic heterocycles. The smallest absolute Gasteiger partial charge is 0.346 e. The topological polar surface area (TPSA) is 74.0 Å². The minimum atomic E-state index is -1.22. The van der Waals surface area contributed by atoms with Crippen molar-refractivity contribution in [3.8, 4) is 6.07 Å². The van der Waals surface area contributed by atoms with Crippen LogP contribution in [-0.2, 0) is 4.79 Å². The molecule has 0 fully saturated rings. The van der Waals surface area contributed by atoms with E-state index in [0.717, 1.165) is 0 Å². The molecule has 12 heavy (non-hydrogen) atoms. The van der Waals surface area contributed by atoms with Crippen molar-refractivity contribution in [2.75, 3.05) is 0 Å². The third-order valence-corrected chi connectivity index (χ3v) is 1.81. The Morgan fingerprint density at radius 3 is 3.00 bits per heavy atom. The molecule has 0 aromatic carbocycles. The molecule has 0 unspecified atom stereocenters. The normalized spacial score (nSPS) is 10.8. The van der Waals surface area contributed by atoms with Crippen LogP contribution in [0.3, 0.4) is 0 Å². The van der Waals surface area contributed by atoms with Gasteiger partial charge in [0.05, 0.1) is 5.51 Å². The lowest BCUT2D eigenvalue weighted by Gasteiger charge is -1.85. The number of rotatable bonds is 2. The Hall–Kier alpha value is -1.67. The minimum absolute atomic E-state index is 0.278. The van der Waals surface area contributed by atoms with Gasteiger partial charge in [-0.3, -0.25) is 4.98 Å². The van der Waals surface area contributed by atoms with Gasteiger partial charge in [-0.1, -0.05) is 0 Å². The molecule has 0 aliphatic heterocycles. The second-order valence-corrected chi connectivity index (χ2v) is 2.80. The predicted molar refractivity (Wildman–Crippen MR) is 43.3 cm³/mol. The number of aromatic nitrogens is 1. The average Bonchev–Trinajstić information content (AvgIpc) is 2.51. The molecule has 0 saturated carbocycles. The molecule has 0 spiro atoms. The molecule has 0 saturated heterocycles. The highest BCUT2D eigenvalue weighted by atomic mass is 32.1. The van der Waals surface area contributed by atoms with Gasteiger partial charge in [-0.15, -0.1) is 11.3 Å². The Morgan fingerprint density at radius 2 is 2.58 bits per heavy atom. The quantitative estimate of drug-likeness (QED) is 0.547. The summed E-state index contributed by atoms with van der Waals surface area (Å²) in [6, 6.07) is 1.58. The van der Waals surface area contributed by atoms with Gasteiger partial charge >= 0.3 is 5.97 Å². The SMILES string of the molecule is N#C/C(=C\c1cncs1)C(=O)O. The highest BCUT2D eigenvalue weighted by molar-refractivity contribution is 7.10. The standard InChI is InChI=1S/C7H4N2O2S/c8-2-5(7(10)11)1-6-3-9-4-12-6/h1,3-4H,(H,10,11)/b5-1+. The van der Waals surface area contributed by atoms with Crippen molar-refractivity contribution in [3.05, 3.63) is 22.2 Å². The van der Waals surface area contributed by atoms with Crippen molar-refractivity contribution in [2.24, 2.45) is 0 Å². The zero-order valence-corrected chi connectivity index (χ0v) is 6.71. The number of hydrogen-bond acceptors (Lipinski definition) is 4. The lowest BCUT2D eigenvalue weighted by Crippen LogP contribution is -1.96. The minimum Gasteiger partial charge on any atom is -0.477 e. The first kappa shape index (κ1) is 8.43. The van der Waals surface area contributed by atoms with Crippen molar-refractivity contribution in [2.45, 2.75) is 0 Å². The van der Waals surface area contributed by atoms with Gasteiger partial charge in [-0.2, -0.15) is 5.26 Å². The van der Waals surface area contributed by atoms with Crippen molar-refractivity contribution < 1.29 is 9.90 Å². The highest BCUT2D eigenvalue weighted by Gasteiger charge is 2.05. The highest BCUT2D eigenvalue weighted by Crippen LogP contribution is 2.10. The third kappa shape index (κ3) is 1.90. The molecule has 0 aliphatic rings. The van der Waals surface area contributed by atoms with Gasteiger partial charge in [-0.25, -0.2) is 4.79 Å². The largest absolute Gasteiger partial charge is 0.477 e. The molecule has 60 valence electrons. The lowest BCUT2D eigenvalue weighted by molar-refractivity contribution is -0.132. The molecular formula is C7H4N2O2S. The van der Waals surface area contributed by atoms with E-state index in [4.69, 9.17) is 10.4 Å². The van der Waals surface area contributed by atoms with E-state index < -0.39 is 5.97 Å². The van der Waals surface area contributed by atoms with E-state index in [0.29, 0.717) is 4.88 Å². The fourth-order valence-electron chi connectivity index (χ4n) is 0.581. The fourth-order valence-corrected chi connectivity index (χ4v) is 1.13. The van der Waals surface area contributed by atoms with Crippen LogP contribution >= 0.6 is 11.3 Å². The Balaban J connectivity index is 2.95. The van der Waals surface area contributed by atoms with E-state index in [1.165, 1.54) is 23.6 Å². The maximum atomic E-state index is 10.4. The zero-order valence-electron chi connectivity index (χ0n) is 5.89. The van der Waals surface area contributed by atoms with Crippen LogP contribution < -0.4 is 0 Å². The maximum absolute atomic E-state index is 10.4. The summed E-state index contributed by atoms with van der Waals surface area (Å²) in [5.41, 5.74) is 1.29. The first-order valence-electron chi connectivity index (χ1n) is 2.97. The summed E-state index contributed by atoms with van der Waals surface area (Å²) < 4.78 is 0. The third-order valence-electron chi connectivity index (χ3n) is 1.09. The van der Waals surface area contributed by atoms with Gasteiger partial charge in [0.2, 0.25) is 0 Å². The molecule has 0 aliphatic carbocycles. The van der Waals surface area contributed by atoms with Crippen LogP contribution in [0.5, 0.6) is 0 Å². The molecule has 0 amide bonds. The van der Waals surface area contributed by atoms with Crippen LogP contribution in [-0.4, -0.2) is 16.1 Å². The molecule has 0 radical (unpaired) electrons. The molecule has 5 heteroatoms. The van der Waals surface area contributed by atoms with E-state index in [9.17, 15) is 4.79 Å². The van der Waals surface area contributed by atoms with E-state index in [2.05, 4.69) is 4.98 Å². The van der Waals surface area contributed by atoms with Crippen molar-refractivity contribution in [1.29, 1.82) is 5.26 Å². The lowest BCUT2D eigenvalue weighted by atomic mass is 10.2. The Kier molecular flexibility index (Phi) is 2.56. The van der Waals surface area contributed by atoms with E-state index in [1.54, 1.807) is 11.6 Å². The Bertz CT molecular complexity index is 348. The summed E-state index contributed by atoms with van der Waals surface area (Å²) >= 11 is 1.28. The van der Waals surface area contributed by atoms with Crippen LogP contribution in [0.2, 0.25) is 0 Å². The number of aliphatic carboxylic acids is 1. The fraction of sp³-hybridized carbons (Fsp3) is 0. The Morgan fingerprint density at radius 1 is 1.83 bits per heavy atom. The first-order valence-corrected chi connectivity index (χ1v) is 3.85. The number of carboxylic acids is 1. The number of hydrogen-bond donors (Lipinski definition) is 1. The van der Waals surface area contributed by atoms with E-state index >= 15 is 0 Å². The van der Waals surface area contributed by atoms with Crippen LogP contribution in [0.1, 0.15) is 4.88 Å². The number of nitriles is 1. The van der Waals surface area contributed by atoms with Gasteiger partial charge in [0.1, 0.15) is 11.6 Å². The second kappa shape index (κ2) is 3.64.